The Balaban J connectivity index is 2.49. The molecule has 3 heteroatoms. The van der Waals surface area contributed by atoms with E-state index >= 15 is 0 Å². The van der Waals surface area contributed by atoms with Crippen molar-refractivity contribution in [3.8, 4) is 0 Å². The summed E-state index contributed by atoms with van der Waals surface area (Å²) in [4.78, 5) is 0. The van der Waals surface area contributed by atoms with Gasteiger partial charge in [0.2, 0.25) is 0 Å². The quantitative estimate of drug-likeness (QED) is 0.702. The molecular formula is C10H12F2O. The van der Waals surface area contributed by atoms with Gasteiger partial charge in [0.05, 0.1) is 6.61 Å². The molecule has 0 fully saturated rings. The van der Waals surface area contributed by atoms with Gasteiger partial charge in [0.15, 0.2) is 0 Å². The predicted molar refractivity (Wildman–Crippen MR) is 46.6 cm³/mol. The SMILES string of the molecule is CCc1ccc(COC(F)F)cc1. The van der Waals surface area contributed by atoms with Crippen LogP contribution in [0.4, 0.5) is 8.78 Å². The van der Waals surface area contributed by atoms with Crippen molar-refractivity contribution >= 4 is 0 Å². The summed E-state index contributed by atoms with van der Waals surface area (Å²) in [6.07, 6.45) is 0.954. The van der Waals surface area contributed by atoms with Crippen LogP contribution < -0.4 is 0 Å². The van der Waals surface area contributed by atoms with Crippen molar-refractivity contribution in [2.75, 3.05) is 0 Å². The largest absolute Gasteiger partial charge is 0.345 e. The van der Waals surface area contributed by atoms with Crippen LogP contribution in [0, 0.1) is 0 Å². The van der Waals surface area contributed by atoms with E-state index in [0.29, 0.717) is 0 Å². The van der Waals surface area contributed by atoms with Gasteiger partial charge in [-0.3, -0.25) is 0 Å². The molecule has 13 heavy (non-hydrogen) atoms. The van der Waals surface area contributed by atoms with E-state index in [1.54, 1.807) is 12.1 Å². The lowest BCUT2D eigenvalue weighted by Gasteiger charge is -2.03. The number of benzene rings is 1. The molecule has 1 rings (SSSR count). The predicted octanol–water partition coefficient (Wildman–Crippen LogP) is 2.99. The van der Waals surface area contributed by atoms with Gasteiger partial charge in [-0.05, 0) is 17.5 Å². The first-order valence-corrected chi connectivity index (χ1v) is 4.20. The van der Waals surface area contributed by atoms with E-state index < -0.39 is 6.61 Å². The van der Waals surface area contributed by atoms with E-state index in [-0.39, 0.29) is 6.61 Å². The van der Waals surface area contributed by atoms with Crippen LogP contribution in [-0.4, -0.2) is 6.61 Å². The molecule has 0 radical (unpaired) electrons. The molecule has 0 heterocycles. The fourth-order valence-electron chi connectivity index (χ4n) is 1.03. The van der Waals surface area contributed by atoms with Crippen molar-refractivity contribution in [2.24, 2.45) is 0 Å². The third-order valence-corrected chi connectivity index (χ3v) is 1.81. The van der Waals surface area contributed by atoms with Crippen LogP contribution >= 0.6 is 0 Å². The van der Waals surface area contributed by atoms with E-state index in [1.807, 2.05) is 19.1 Å². The highest BCUT2D eigenvalue weighted by molar-refractivity contribution is 5.21. The Morgan fingerprint density at radius 1 is 1.15 bits per heavy atom. The van der Waals surface area contributed by atoms with Crippen molar-refractivity contribution in [1.29, 1.82) is 0 Å². The second-order valence-electron chi connectivity index (χ2n) is 2.74. The van der Waals surface area contributed by atoms with Crippen LogP contribution in [0.25, 0.3) is 0 Å². The average molecular weight is 186 g/mol. The fraction of sp³-hybridized carbons (Fsp3) is 0.400. The Labute approximate surface area is 76.3 Å². The van der Waals surface area contributed by atoms with Crippen LogP contribution in [0.2, 0.25) is 0 Å². The van der Waals surface area contributed by atoms with Crippen molar-refractivity contribution in [2.45, 2.75) is 26.6 Å². The third kappa shape index (κ3) is 3.51. The van der Waals surface area contributed by atoms with Gasteiger partial charge in [0.1, 0.15) is 0 Å². The maximum absolute atomic E-state index is 11.6. The Morgan fingerprint density at radius 3 is 2.15 bits per heavy atom. The zero-order valence-corrected chi connectivity index (χ0v) is 7.47. The molecule has 0 unspecified atom stereocenters. The van der Waals surface area contributed by atoms with Gasteiger partial charge >= 0.3 is 6.61 Å². The third-order valence-electron chi connectivity index (χ3n) is 1.81. The summed E-state index contributed by atoms with van der Waals surface area (Å²) in [5.41, 5.74) is 1.97. The van der Waals surface area contributed by atoms with Crippen LogP contribution in [0.15, 0.2) is 24.3 Å². The van der Waals surface area contributed by atoms with Crippen LogP contribution in [0.5, 0.6) is 0 Å². The molecule has 0 spiro atoms. The maximum Gasteiger partial charge on any atom is 0.345 e. The van der Waals surface area contributed by atoms with Crippen molar-refractivity contribution in [1.82, 2.24) is 0 Å². The highest BCUT2D eigenvalue weighted by Gasteiger charge is 2.01. The summed E-state index contributed by atoms with van der Waals surface area (Å²) in [6, 6.07) is 7.46. The van der Waals surface area contributed by atoms with Crippen molar-refractivity contribution in [3.05, 3.63) is 35.4 Å². The molecule has 0 aliphatic heterocycles. The topological polar surface area (TPSA) is 9.23 Å². The highest BCUT2D eigenvalue weighted by Crippen LogP contribution is 2.08. The lowest BCUT2D eigenvalue weighted by Crippen LogP contribution is -1.98. The molecule has 0 N–H and O–H groups in total. The Morgan fingerprint density at radius 2 is 1.69 bits per heavy atom. The summed E-state index contributed by atoms with van der Waals surface area (Å²) < 4.78 is 27.5. The van der Waals surface area contributed by atoms with Crippen molar-refractivity contribution in [3.63, 3.8) is 0 Å². The van der Waals surface area contributed by atoms with Gasteiger partial charge in [0.25, 0.3) is 0 Å². The Kier molecular flexibility index (Phi) is 3.83. The van der Waals surface area contributed by atoms with Gasteiger partial charge < -0.3 is 4.74 Å². The summed E-state index contributed by atoms with van der Waals surface area (Å²) in [7, 11) is 0. The first kappa shape index (κ1) is 10.1. The van der Waals surface area contributed by atoms with E-state index in [1.165, 1.54) is 5.56 Å². The van der Waals surface area contributed by atoms with Crippen molar-refractivity contribution < 1.29 is 13.5 Å². The van der Waals surface area contributed by atoms with Crippen LogP contribution in [0.1, 0.15) is 18.1 Å². The van der Waals surface area contributed by atoms with E-state index in [0.717, 1.165) is 12.0 Å². The zero-order chi connectivity index (χ0) is 9.68. The molecule has 1 nitrogen and oxygen atoms in total. The first-order chi connectivity index (χ1) is 6.22. The second-order valence-corrected chi connectivity index (χ2v) is 2.74. The molecule has 0 aliphatic rings. The lowest BCUT2D eigenvalue weighted by molar-refractivity contribution is -0.137. The molecule has 72 valence electrons. The Bertz CT molecular complexity index is 244. The number of hydrogen-bond donors (Lipinski definition) is 0. The van der Waals surface area contributed by atoms with Crippen LogP contribution in [-0.2, 0) is 17.8 Å². The molecular weight excluding hydrogens is 174 g/mol. The van der Waals surface area contributed by atoms with Gasteiger partial charge in [-0.2, -0.15) is 8.78 Å². The lowest BCUT2D eigenvalue weighted by atomic mass is 10.1. The minimum absolute atomic E-state index is 0.0261. The number of alkyl halides is 2. The second kappa shape index (κ2) is 4.92. The zero-order valence-electron chi connectivity index (χ0n) is 7.47. The van der Waals surface area contributed by atoms with E-state index in [9.17, 15) is 8.78 Å². The number of hydrogen-bond acceptors (Lipinski definition) is 1. The Hall–Kier alpha value is -0.960. The van der Waals surface area contributed by atoms with Gasteiger partial charge in [-0.1, -0.05) is 31.2 Å². The molecule has 0 bridgehead atoms. The van der Waals surface area contributed by atoms with E-state index in [2.05, 4.69) is 4.74 Å². The normalized spacial score (nSPS) is 10.8. The average Bonchev–Trinajstić information content (AvgIpc) is 2.15. The molecule has 1 aromatic carbocycles. The number of aryl methyl sites for hydroxylation is 1. The summed E-state index contributed by atoms with van der Waals surface area (Å²) >= 11 is 0. The minimum Gasteiger partial charge on any atom is -0.318 e. The summed E-state index contributed by atoms with van der Waals surface area (Å²) in [5, 5.41) is 0. The maximum atomic E-state index is 11.6. The molecule has 0 amide bonds. The number of rotatable bonds is 4. The smallest absolute Gasteiger partial charge is 0.318 e. The minimum atomic E-state index is -2.69. The number of halogens is 2. The first-order valence-electron chi connectivity index (χ1n) is 4.20. The van der Waals surface area contributed by atoms with Gasteiger partial charge in [-0.15, -0.1) is 0 Å². The molecule has 1 aromatic rings. The molecule has 0 saturated carbocycles. The summed E-state index contributed by atoms with van der Waals surface area (Å²) in [5.74, 6) is 0. The van der Waals surface area contributed by atoms with Crippen LogP contribution in [0.3, 0.4) is 0 Å². The fourth-order valence-corrected chi connectivity index (χ4v) is 1.03. The summed E-state index contributed by atoms with van der Waals surface area (Å²) in [6.45, 7) is -0.669. The highest BCUT2D eigenvalue weighted by atomic mass is 19.3. The van der Waals surface area contributed by atoms with Gasteiger partial charge in [0, 0.05) is 0 Å². The van der Waals surface area contributed by atoms with E-state index in [4.69, 9.17) is 0 Å². The monoisotopic (exact) mass is 186 g/mol. The van der Waals surface area contributed by atoms with Gasteiger partial charge in [-0.25, -0.2) is 0 Å². The molecule has 0 aromatic heterocycles. The molecule has 0 saturated heterocycles. The number of ether oxygens (including phenoxy) is 1. The molecule has 0 aliphatic carbocycles. The standard InChI is InChI=1S/C10H12F2O/c1-2-8-3-5-9(6-4-8)7-13-10(11)12/h3-6,10H,2,7H2,1H3. The molecule has 0 atom stereocenters.